The summed E-state index contributed by atoms with van der Waals surface area (Å²) in [5.41, 5.74) is 1.72. The molecule has 3 rings (SSSR count). The molecular formula is C18H16Cl2N2O2S. The van der Waals surface area contributed by atoms with E-state index >= 15 is 0 Å². The van der Waals surface area contributed by atoms with Gasteiger partial charge in [-0.05, 0) is 36.2 Å². The van der Waals surface area contributed by atoms with Crippen LogP contribution in [0.1, 0.15) is 5.56 Å². The Hall–Kier alpha value is -1.69. The molecule has 2 amide bonds. The molecule has 0 fully saturated rings. The number of rotatable bonds is 4. The molecule has 1 unspecified atom stereocenters. The van der Waals surface area contributed by atoms with Crippen LogP contribution in [-0.2, 0) is 16.0 Å². The molecule has 1 N–H and O–H groups in total. The second-order valence-corrected chi connectivity index (χ2v) is 7.85. The molecule has 0 radical (unpaired) electrons. The molecule has 0 aliphatic carbocycles. The van der Waals surface area contributed by atoms with Gasteiger partial charge in [0.15, 0.2) is 0 Å². The zero-order valence-corrected chi connectivity index (χ0v) is 15.8. The van der Waals surface area contributed by atoms with E-state index in [0.29, 0.717) is 22.2 Å². The number of carbonyl (C=O) groups is 2. The number of thioether (sulfide) groups is 1. The van der Waals surface area contributed by atoms with Crippen LogP contribution in [-0.4, -0.2) is 35.6 Å². The predicted octanol–water partition coefficient (Wildman–Crippen LogP) is 4.11. The van der Waals surface area contributed by atoms with Gasteiger partial charge in [-0.1, -0.05) is 41.4 Å². The third kappa shape index (κ3) is 4.29. The SMILES string of the molecule is CN(CC(=O)Nc1ccc(Cl)c(Cl)c1)C(=O)C1Cc2ccccc2S1. The van der Waals surface area contributed by atoms with Crippen LogP contribution in [0.5, 0.6) is 0 Å². The van der Waals surface area contributed by atoms with E-state index in [-0.39, 0.29) is 23.6 Å². The topological polar surface area (TPSA) is 49.4 Å². The standard InChI is InChI=1S/C18H16Cl2N2O2S/c1-22(10-17(23)21-12-6-7-13(19)14(20)9-12)18(24)16-8-11-4-2-3-5-15(11)25-16/h2-7,9,16H,8,10H2,1H3,(H,21,23). The zero-order valence-electron chi connectivity index (χ0n) is 13.5. The summed E-state index contributed by atoms with van der Waals surface area (Å²) in [5.74, 6) is -0.333. The van der Waals surface area contributed by atoms with Gasteiger partial charge >= 0.3 is 0 Å². The van der Waals surface area contributed by atoms with Gasteiger partial charge in [-0.2, -0.15) is 0 Å². The first-order chi connectivity index (χ1) is 11.9. The summed E-state index contributed by atoms with van der Waals surface area (Å²) in [7, 11) is 1.64. The number of nitrogens with zero attached hydrogens (tertiary/aromatic N) is 1. The summed E-state index contributed by atoms with van der Waals surface area (Å²) in [4.78, 5) is 27.3. The fraction of sp³-hybridized carbons (Fsp3) is 0.222. The number of amides is 2. The molecular weight excluding hydrogens is 379 g/mol. The lowest BCUT2D eigenvalue weighted by Crippen LogP contribution is -2.39. The minimum Gasteiger partial charge on any atom is -0.335 e. The van der Waals surface area contributed by atoms with Crippen LogP contribution in [0, 0.1) is 0 Å². The van der Waals surface area contributed by atoms with Crippen molar-refractivity contribution in [1.82, 2.24) is 4.90 Å². The van der Waals surface area contributed by atoms with Crippen molar-refractivity contribution < 1.29 is 9.59 Å². The number of nitrogens with one attached hydrogen (secondary N) is 1. The molecule has 0 saturated heterocycles. The van der Waals surface area contributed by atoms with Gasteiger partial charge in [0.05, 0.1) is 21.8 Å². The number of hydrogen-bond acceptors (Lipinski definition) is 3. The first-order valence-corrected chi connectivity index (χ1v) is 9.32. The molecule has 130 valence electrons. The van der Waals surface area contributed by atoms with Crippen molar-refractivity contribution in [1.29, 1.82) is 0 Å². The molecule has 0 aromatic heterocycles. The predicted molar refractivity (Wildman–Crippen MR) is 103 cm³/mol. The lowest BCUT2D eigenvalue weighted by molar-refractivity contribution is -0.132. The number of hydrogen-bond donors (Lipinski definition) is 1. The second-order valence-electron chi connectivity index (χ2n) is 5.79. The van der Waals surface area contributed by atoms with Crippen molar-refractivity contribution in [3.8, 4) is 0 Å². The number of halogens is 2. The van der Waals surface area contributed by atoms with E-state index in [1.54, 1.807) is 37.0 Å². The van der Waals surface area contributed by atoms with Crippen molar-refractivity contribution in [2.45, 2.75) is 16.6 Å². The van der Waals surface area contributed by atoms with E-state index in [4.69, 9.17) is 23.2 Å². The Kier molecular flexibility index (Phi) is 5.57. The third-order valence-corrected chi connectivity index (χ3v) is 5.93. The highest BCUT2D eigenvalue weighted by Crippen LogP contribution is 2.37. The zero-order chi connectivity index (χ0) is 18.0. The van der Waals surface area contributed by atoms with Crippen molar-refractivity contribution in [2.24, 2.45) is 0 Å². The summed E-state index contributed by atoms with van der Waals surface area (Å²) in [6.45, 7) is -0.0213. The van der Waals surface area contributed by atoms with Crippen LogP contribution >= 0.6 is 35.0 Å². The van der Waals surface area contributed by atoms with Gasteiger partial charge in [-0.3, -0.25) is 9.59 Å². The first kappa shape index (κ1) is 18.1. The van der Waals surface area contributed by atoms with Crippen molar-refractivity contribution in [2.75, 3.05) is 18.9 Å². The summed E-state index contributed by atoms with van der Waals surface area (Å²) < 4.78 is 0. The van der Waals surface area contributed by atoms with E-state index in [9.17, 15) is 9.59 Å². The molecule has 7 heteroatoms. The molecule has 25 heavy (non-hydrogen) atoms. The van der Waals surface area contributed by atoms with E-state index < -0.39 is 0 Å². The van der Waals surface area contributed by atoms with Crippen molar-refractivity contribution >= 4 is 52.5 Å². The van der Waals surface area contributed by atoms with Crippen LogP contribution in [0.2, 0.25) is 10.0 Å². The Balaban J connectivity index is 1.56. The molecule has 4 nitrogen and oxygen atoms in total. The highest BCUT2D eigenvalue weighted by molar-refractivity contribution is 8.01. The molecule has 1 heterocycles. The minimum absolute atomic E-state index is 0.0213. The highest BCUT2D eigenvalue weighted by Gasteiger charge is 2.30. The van der Waals surface area contributed by atoms with Crippen LogP contribution in [0.4, 0.5) is 5.69 Å². The largest absolute Gasteiger partial charge is 0.335 e. The molecule has 2 aromatic rings. The van der Waals surface area contributed by atoms with Crippen molar-refractivity contribution in [3.05, 3.63) is 58.1 Å². The maximum atomic E-state index is 12.6. The van der Waals surface area contributed by atoms with Crippen LogP contribution in [0.15, 0.2) is 47.4 Å². The fourth-order valence-corrected chi connectivity index (χ4v) is 4.24. The Morgan fingerprint density at radius 1 is 1.20 bits per heavy atom. The van der Waals surface area contributed by atoms with E-state index in [2.05, 4.69) is 5.32 Å². The van der Waals surface area contributed by atoms with E-state index in [1.807, 2.05) is 24.3 Å². The highest BCUT2D eigenvalue weighted by atomic mass is 35.5. The van der Waals surface area contributed by atoms with E-state index in [1.165, 1.54) is 10.5 Å². The van der Waals surface area contributed by atoms with Crippen LogP contribution in [0.3, 0.4) is 0 Å². The summed E-state index contributed by atoms with van der Waals surface area (Å²) in [5, 5.41) is 3.33. The summed E-state index contributed by atoms with van der Waals surface area (Å²) in [6.07, 6.45) is 0.693. The normalized spacial score (nSPS) is 15.6. The van der Waals surface area contributed by atoms with Crippen LogP contribution in [0.25, 0.3) is 0 Å². The number of fused-ring (bicyclic) bond motifs is 1. The number of benzene rings is 2. The average molecular weight is 395 g/mol. The van der Waals surface area contributed by atoms with Gasteiger partial charge < -0.3 is 10.2 Å². The average Bonchev–Trinajstić information content (AvgIpc) is 3.01. The van der Waals surface area contributed by atoms with E-state index in [0.717, 1.165) is 4.90 Å². The van der Waals surface area contributed by atoms with Gasteiger partial charge in [0.2, 0.25) is 11.8 Å². The van der Waals surface area contributed by atoms with Gasteiger partial charge in [0.1, 0.15) is 0 Å². The maximum absolute atomic E-state index is 12.6. The lowest BCUT2D eigenvalue weighted by Gasteiger charge is -2.20. The fourth-order valence-electron chi connectivity index (χ4n) is 2.63. The first-order valence-electron chi connectivity index (χ1n) is 7.68. The molecule has 0 saturated carbocycles. The van der Waals surface area contributed by atoms with Gasteiger partial charge in [0, 0.05) is 17.6 Å². The summed E-state index contributed by atoms with van der Waals surface area (Å²) in [6, 6.07) is 12.8. The molecule has 2 aromatic carbocycles. The lowest BCUT2D eigenvalue weighted by atomic mass is 10.1. The minimum atomic E-state index is -0.283. The summed E-state index contributed by atoms with van der Waals surface area (Å²) >= 11 is 13.3. The van der Waals surface area contributed by atoms with Gasteiger partial charge in [-0.25, -0.2) is 0 Å². The van der Waals surface area contributed by atoms with Gasteiger partial charge in [0.25, 0.3) is 0 Å². The molecule has 1 atom stereocenters. The monoisotopic (exact) mass is 394 g/mol. The molecule has 0 bridgehead atoms. The number of carbonyl (C=O) groups excluding carboxylic acids is 2. The quantitative estimate of drug-likeness (QED) is 0.848. The molecule has 1 aliphatic heterocycles. The number of anilines is 1. The smallest absolute Gasteiger partial charge is 0.243 e. The second kappa shape index (κ2) is 7.68. The third-order valence-electron chi connectivity index (χ3n) is 3.88. The molecule has 0 spiro atoms. The number of likely N-dealkylation sites (N-methyl/N-ethyl adjacent to an activating group) is 1. The van der Waals surface area contributed by atoms with Crippen molar-refractivity contribution in [3.63, 3.8) is 0 Å². The Bertz CT molecular complexity index is 803. The Morgan fingerprint density at radius 2 is 1.96 bits per heavy atom. The van der Waals surface area contributed by atoms with Crippen LogP contribution < -0.4 is 5.32 Å². The Labute approximate surface area is 160 Å². The Morgan fingerprint density at radius 3 is 2.68 bits per heavy atom. The molecule has 1 aliphatic rings. The van der Waals surface area contributed by atoms with Gasteiger partial charge in [-0.15, -0.1) is 11.8 Å². The maximum Gasteiger partial charge on any atom is 0.243 e.